The van der Waals surface area contributed by atoms with E-state index in [0.29, 0.717) is 29.5 Å². The summed E-state index contributed by atoms with van der Waals surface area (Å²) in [5, 5.41) is 4.54. The van der Waals surface area contributed by atoms with Gasteiger partial charge in [-0.15, -0.1) is 0 Å². The van der Waals surface area contributed by atoms with Crippen LogP contribution in [-0.4, -0.2) is 25.3 Å². The van der Waals surface area contributed by atoms with E-state index in [2.05, 4.69) is 10.5 Å². The second-order valence-corrected chi connectivity index (χ2v) is 7.46. The Morgan fingerprint density at radius 1 is 0.968 bits per heavy atom. The highest BCUT2D eigenvalue weighted by Gasteiger charge is 2.06. The van der Waals surface area contributed by atoms with E-state index < -0.39 is 0 Å². The van der Waals surface area contributed by atoms with Crippen molar-refractivity contribution in [2.24, 2.45) is 5.10 Å². The molecule has 31 heavy (non-hydrogen) atoms. The Labute approximate surface area is 187 Å². The van der Waals surface area contributed by atoms with Crippen LogP contribution >= 0.6 is 11.6 Å². The minimum Gasteiger partial charge on any atom is -0.493 e. The molecule has 6 heteroatoms. The molecule has 1 N–H and O–H groups in total. The third-order valence-corrected chi connectivity index (χ3v) is 4.81. The number of nitrogens with zero attached hydrogens (tertiary/aromatic N) is 1. The molecule has 1 amide bonds. The molecule has 0 aromatic heterocycles. The Hall–Kier alpha value is -3.31. The van der Waals surface area contributed by atoms with Crippen LogP contribution in [0, 0.1) is 13.8 Å². The van der Waals surface area contributed by atoms with Crippen molar-refractivity contribution in [3.8, 4) is 11.5 Å². The first-order chi connectivity index (χ1) is 15.0. The van der Waals surface area contributed by atoms with Gasteiger partial charge in [0.2, 0.25) is 0 Å². The smallest absolute Gasteiger partial charge is 0.271 e. The molecule has 0 radical (unpaired) electrons. The van der Waals surface area contributed by atoms with E-state index in [4.69, 9.17) is 21.1 Å². The Kier molecular flexibility index (Phi) is 8.07. The summed E-state index contributed by atoms with van der Waals surface area (Å²) in [5.74, 6) is 1.29. The summed E-state index contributed by atoms with van der Waals surface area (Å²) in [6, 6.07) is 20.3. The van der Waals surface area contributed by atoms with Gasteiger partial charge < -0.3 is 9.47 Å². The average Bonchev–Trinajstić information content (AvgIpc) is 2.76. The number of para-hydroxylation sites is 2. The quantitative estimate of drug-likeness (QED) is 0.271. The first kappa shape index (κ1) is 22.4. The van der Waals surface area contributed by atoms with Crippen LogP contribution in [0.4, 0.5) is 0 Å². The summed E-state index contributed by atoms with van der Waals surface area (Å²) in [4.78, 5) is 12.2. The normalized spacial score (nSPS) is 10.8. The Morgan fingerprint density at radius 2 is 1.68 bits per heavy atom. The molecule has 0 bridgehead atoms. The topological polar surface area (TPSA) is 59.9 Å². The standard InChI is InChI=1S/C25H25ClN2O3/c1-18-8-5-9-19(2)24(18)31-15-7-14-30-23-13-4-3-10-21(23)17-27-28-25(29)20-11-6-12-22(26)16-20/h3-6,8-13,16-17H,7,14-15H2,1-2H3,(H,28,29)/b27-17-. The maximum absolute atomic E-state index is 12.2. The molecule has 0 aliphatic carbocycles. The number of rotatable bonds is 9. The molecule has 0 atom stereocenters. The molecule has 3 aromatic rings. The number of hydrogen-bond acceptors (Lipinski definition) is 4. The molecule has 5 nitrogen and oxygen atoms in total. The second kappa shape index (κ2) is 11.2. The summed E-state index contributed by atoms with van der Waals surface area (Å²) in [7, 11) is 0. The van der Waals surface area contributed by atoms with Crippen molar-refractivity contribution in [1.29, 1.82) is 0 Å². The lowest BCUT2D eigenvalue weighted by Gasteiger charge is -2.13. The summed E-state index contributed by atoms with van der Waals surface area (Å²) in [5.41, 5.74) is 5.97. The van der Waals surface area contributed by atoms with E-state index in [-0.39, 0.29) is 5.91 Å². The van der Waals surface area contributed by atoms with Gasteiger partial charge in [0.05, 0.1) is 19.4 Å². The summed E-state index contributed by atoms with van der Waals surface area (Å²) >= 11 is 5.92. The molecule has 3 rings (SSSR count). The fourth-order valence-electron chi connectivity index (χ4n) is 3.02. The lowest BCUT2D eigenvalue weighted by molar-refractivity contribution is 0.0955. The number of halogens is 1. The third-order valence-electron chi connectivity index (χ3n) is 4.58. The van der Waals surface area contributed by atoms with Crippen molar-refractivity contribution in [2.45, 2.75) is 20.3 Å². The molecule has 0 aliphatic rings. The fraction of sp³-hybridized carbons (Fsp3) is 0.200. The number of hydrogen-bond donors (Lipinski definition) is 1. The molecule has 0 saturated heterocycles. The van der Waals surface area contributed by atoms with Crippen LogP contribution in [0.15, 0.2) is 71.8 Å². The third kappa shape index (κ3) is 6.59. The maximum Gasteiger partial charge on any atom is 0.271 e. The fourth-order valence-corrected chi connectivity index (χ4v) is 3.21. The van der Waals surface area contributed by atoms with Crippen LogP contribution in [0.5, 0.6) is 11.5 Å². The molecular weight excluding hydrogens is 412 g/mol. The number of carbonyl (C=O) groups excluding carboxylic acids is 1. The number of amides is 1. The number of hydrazone groups is 1. The molecular formula is C25H25ClN2O3. The van der Waals surface area contributed by atoms with Crippen molar-refractivity contribution in [3.05, 3.63) is 94.0 Å². The second-order valence-electron chi connectivity index (χ2n) is 7.02. The molecule has 0 heterocycles. The number of carbonyl (C=O) groups is 1. The predicted molar refractivity (Wildman–Crippen MR) is 124 cm³/mol. The molecule has 0 spiro atoms. The molecule has 0 fully saturated rings. The van der Waals surface area contributed by atoms with E-state index >= 15 is 0 Å². The zero-order chi connectivity index (χ0) is 22.1. The predicted octanol–water partition coefficient (Wildman–Crippen LogP) is 5.57. The first-order valence-corrected chi connectivity index (χ1v) is 10.4. The Morgan fingerprint density at radius 3 is 2.45 bits per heavy atom. The van der Waals surface area contributed by atoms with Gasteiger partial charge >= 0.3 is 0 Å². The van der Waals surface area contributed by atoms with Crippen LogP contribution in [0.1, 0.15) is 33.5 Å². The zero-order valence-electron chi connectivity index (χ0n) is 17.6. The molecule has 160 valence electrons. The Balaban J connectivity index is 1.49. The van der Waals surface area contributed by atoms with Crippen LogP contribution in [0.25, 0.3) is 0 Å². The number of nitrogens with one attached hydrogen (secondary N) is 1. The minimum atomic E-state index is -0.333. The number of ether oxygens (including phenoxy) is 2. The lowest BCUT2D eigenvalue weighted by atomic mass is 10.1. The van der Waals surface area contributed by atoms with Gasteiger partial charge in [-0.25, -0.2) is 5.43 Å². The lowest BCUT2D eigenvalue weighted by Crippen LogP contribution is -2.17. The van der Waals surface area contributed by atoms with Crippen LogP contribution in [0.2, 0.25) is 5.02 Å². The van der Waals surface area contributed by atoms with Crippen LogP contribution in [-0.2, 0) is 0 Å². The highest BCUT2D eigenvalue weighted by molar-refractivity contribution is 6.30. The summed E-state index contributed by atoms with van der Waals surface area (Å²) in [6.45, 7) is 5.15. The van der Waals surface area contributed by atoms with Crippen molar-refractivity contribution in [1.82, 2.24) is 5.43 Å². The van der Waals surface area contributed by atoms with Gasteiger partial charge in [-0.3, -0.25) is 4.79 Å². The molecule has 0 unspecified atom stereocenters. The minimum absolute atomic E-state index is 0.333. The largest absolute Gasteiger partial charge is 0.493 e. The average molecular weight is 437 g/mol. The zero-order valence-corrected chi connectivity index (χ0v) is 18.4. The first-order valence-electron chi connectivity index (χ1n) is 10.0. The maximum atomic E-state index is 12.2. The monoisotopic (exact) mass is 436 g/mol. The summed E-state index contributed by atoms with van der Waals surface area (Å²) in [6.07, 6.45) is 2.30. The van der Waals surface area contributed by atoms with Crippen molar-refractivity contribution in [3.63, 3.8) is 0 Å². The van der Waals surface area contributed by atoms with Crippen molar-refractivity contribution < 1.29 is 14.3 Å². The van der Waals surface area contributed by atoms with Gasteiger partial charge in [-0.1, -0.05) is 48.0 Å². The van der Waals surface area contributed by atoms with E-state index in [1.807, 2.05) is 56.3 Å². The van der Waals surface area contributed by atoms with E-state index in [1.165, 1.54) is 0 Å². The highest BCUT2D eigenvalue weighted by Crippen LogP contribution is 2.22. The van der Waals surface area contributed by atoms with Crippen molar-refractivity contribution in [2.75, 3.05) is 13.2 Å². The highest BCUT2D eigenvalue weighted by atomic mass is 35.5. The van der Waals surface area contributed by atoms with E-state index in [9.17, 15) is 4.79 Å². The van der Waals surface area contributed by atoms with Gasteiger partial charge in [0, 0.05) is 22.6 Å². The van der Waals surface area contributed by atoms with Gasteiger partial charge in [0.15, 0.2) is 0 Å². The molecule has 0 aliphatic heterocycles. The van der Waals surface area contributed by atoms with E-state index in [0.717, 1.165) is 28.9 Å². The number of aryl methyl sites for hydroxylation is 2. The van der Waals surface area contributed by atoms with Gasteiger partial charge in [-0.05, 0) is 55.3 Å². The van der Waals surface area contributed by atoms with Crippen molar-refractivity contribution >= 4 is 23.7 Å². The van der Waals surface area contributed by atoms with Gasteiger partial charge in [-0.2, -0.15) is 5.10 Å². The Bertz CT molecular complexity index is 1050. The van der Waals surface area contributed by atoms with Crippen LogP contribution < -0.4 is 14.9 Å². The molecule has 3 aromatic carbocycles. The van der Waals surface area contributed by atoms with E-state index in [1.54, 1.807) is 30.5 Å². The van der Waals surface area contributed by atoms with Gasteiger partial charge in [0.1, 0.15) is 11.5 Å². The SMILES string of the molecule is Cc1cccc(C)c1OCCCOc1ccccc1/C=N\NC(=O)c1cccc(Cl)c1. The molecule has 0 saturated carbocycles. The van der Waals surface area contributed by atoms with Crippen LogP contribution in [0.3, 0.4) is 0 Å². The number of benzene rings is 3. The summed E-state index contributed by atoms with van der Waals surface area (Å²) < 4.78 is 11.8. The van der Waals surface area contributed by atoms with Gasteiger partial charge in [0.25, 0.3) is 5.91 Å².